The number of nitrogens with one attached hydrogen (secondary N) is 1. The summed E-state index contributed by atoms with van der Waals surface area (Å²) in [6.45, 7) is 3.21. The number of nitrogens with zero attached hydrogens (tertiary/aromatic N) is 1. The molecule has 1 aliphatic rings. The van der Waals surface area contributed by atoms with Gasteiger partial charge in [-0.05, 0) is 67.2 Å². The summed E-state index contributed by atoms with van der Waals surface area (Å²) >= 11 is 5.65. The number of unbranched alkanes of at least 4 members (excludes halogenated alkanes) is 1. The van der Waals surface area contributed by atoms with E-state index in [1.54, 1.807) is 0 Å². The number of fused-ring (bicyclic) bond motifs is 1. The molecule has 0 unspecified atom stereocenters. The van der Waals surface area contributed by atoms with Crippen LogP contribution >= 0.6 is 12.2 Å². The highest BCUT2D eigenvalue weighted by atomic mass is 32.1. The van der Waals surface area contributed by atoms with Crippen LogP contribution in [0.25, 0.3) is 0 Å². The van der Waals surface area contributed by atoms with Crippen LogP contribution in [0.1, 0.15) is 37.3 Å². The SMILES string of the molecule is CCCCc1ccc(NC(=S)N2CCCc3ccccc32)cc1. The zero-order valence-electron chi connectivity index (χ0n) is 13.7. The van der Waals surface area contributed by atoms with Crippen molar-refractivity contribution < 1.29 is 0 Å². The van der Waals surface area contributed by atoms with Crippen molar-refractivity contribution in [2.24, 2.45) is 0 Å². The van der Waals surface area contributed by atoms with Crippen molar-refractivity contribution in [3.05, 3.63) is 59.7 Å². The number of rotatable bonds is 4. The summed E-state index contributed by atoms with van der Waals surface area (Å²) in [6, 6.07) is 17.2. The summed E-state index contributed by atoms with van der Waals surface area (Å²) in [5, 5.41) is 4.18. The Hall–Kier alpha value is -1.87. The molecule has 0 atom stereocenters. The molecule has 0 spiro atoms. The van der Waals surface area contributed by atoms with Crippen LogP contribution in [0.5, 0.6) is 0 Å². The fraction of sp³-hybridized carbons (Fsp3) is 0.350. The minimum atomic E-state index is 0.790. The Balaban J connectivity index is 1.68. The Morgan fingerprint density at radius 3 is 2.70 bits per heavy atom. The lowest BCUT2D eigenvalue weighted by molar-refractivity contribution is 0.780. The third-order valence-electron chi connectivity index (χ3n) is 4.38. The smallest absolute Gasteiger partial charge is 0.177 e. The number of para-hydroxylation sites is 1. The zero-order chi connectivity index (χ0) is 16.1. The van der Waals surface area contributed by atoms with Crippen LogP contribution in [0.15, 0.2) is 48.5 Å². The van der Waals surface area contributed by atoms with E-state index in [9.17, 15) is 0 Å². The van der Waals surface area contributed by atoms with Gasteiger partial charge in [0.2, 0.25) is 0 Å². The molecule has 2 aromatic carbocycles. The summed E-state index contributed by atoms with van der Waals surface area (Å²) in [5.41, 5.74) is 5.10. The summed E-state index contributed by atoms with van der Waals surface area (Å²) in [5.74, 6) is 0. The number of hydrogen-bond donors (Lipinski definition) is 1. The third-order valence-corrected chi connectivity index (χ3v) is 4.70. The zero-order valence-corrected chi connectivity index (χ0v) is 14.5. The van der Waals surface area contributed by atoms with Gasteiger partial charge in [0.05, 0.1) is 0 Å². The van der Waals surface area contributed by atoms with Crippen LogP contribution in [0, 0.1) is 0 Å². The van der Waals surface area contributed by atoms with E-state index >= 15 is 0 Å². The van der Waals surface area contributed by atoms with Crippen molar-refractivity contribution >= 4 is 28.7 Å². The maximum atomic E-state index is 5.65. The highest BCUT2D eigenvalue weighted by Crippen LogP contribution is 2.27. The third kappa shape index (κ3) is 3.91. The first kappa shape index (κ1) is 16.0. The Morgan fingerprint density at radius 1 is 1.13 bits per heavy atom. The maximum absolute atomic E-state index is 5.65. The standard InChI is InChI=1S/C20H24N2S/c1-2-3-7-16-11-13-18(14-12-16)21-20(23)22-15-6-9-17-8-4-5-10-19(17)22/h4-5,8,10-14H,2-3,6-7,9,15H2,1H3,(H,21,23). The number of hydrogen-bond acceptors (Lipinski definition) is 1. The van der Waals surface area contributed by atoms with E-state index in [1.807, 2.05) is 0 Å². The van der Waals surface area contributed by atoms with Gasteiger partial charge >= 0.3 is 0 Å². The minimum absolute atomic E-state index is 0.790. The Labute approximate surface area is 144 Å². The highest BCUT2D eigenvalue weighted by Gasteiger charge is 2.19. The molecule has 0 radical (unpaired) electrons. The first-order valence-corrected chi connectivity index (χ1v) is 8.94. The lowest BCUT2D eigenvalue weighted by atomic mass is 10.0. The second kappa shape index (κ2) is 7.60. The van der Waals surface area contributed by atoms with Crippen LogP contribution < -0.4 is 10.2 Å². The molecule has 0 saturated heterocycles. The average molecular weight is 324 g/mol. The van der Waals surface area contributed by atoms with Crippen molar-refractivity contribution in [1.29, 1.82) is 0 Å². The molecular weight excluding hydrogens is 300 g/mol. The van der Waals surface area contributed by atoms with Gasteiger partial charge in [0.15, 0.2) is 5.11 Å². The molecule has 0 saturated carbocycles. The van der Waals surface area contributed by atoms with Crippen molar-refractivity contribution in [2.45, 2.75) is 39.0 Å². The van der Waals surface area contributed by atoms with E-state index in [0.29, 0.717) is 0 Å². The number of aryl methyl sites for hydroxylation is 2. The van der Waals surface area contributed by atoms with E-state index in [-0.39, 0.29) is 0 Å². The van der Waals surface area contributed by atoms with Crippen molar-refractivity contribution in [1.82, 2.24) is 0 Å². The van der Waals surface area contributed by atoms with Crippen LogP contribution in [0.2, 0.25) is 0 Å². The molecule has 0 aliphatic carbocycles. The van der Waals surface area contributed by atoms with E-state index in [2.05, 4.69) is 65.7 Å². The fourth-order valence-corrected chi connectivity index (χ4v) is 3.38. The predicted molar refractivity (Wildman–Crippen MR) is 103 cm³/mol. The summed E-state index contributed by atoms with van der Waals surface area (Å²) in [4.78, 5) is 2.22. The lowest BCUT2D eigenvalue weighted by Gasteiger charge is -2.31. The monoisotopic (exact) mass is 324 g/mol. The Morgan fingerprint density at radius 2 is 1.91 bits per heavy atom. The first-order valence-electron chi connectivity index (χ1n) is 8.53. The fourth-order valence-electron chi connectivity index (χ4n) is 3.07. The van der Waals surface area contributed by atoms with E-state index in [0.717, 1.165) is 36.6 Å². The molecule has 3 rings (SSSR count). The second-order valence-corrected chi connectivity index (χ2v) is 6.50. The topological polar surface area (TPSA) is 15.3 Å². The van der Waals surface area contributed by atoms with Gasteiger partial charge in [-0.3, -0.25) is 0 Å². The van der Waals surface area contributed by atoms with E-state index in [4.69, 9.17) is 12.2 Å². The molecule has 0 amide bonds. The van der Waals surface area contributed by atoms with Gasteiger partial charge in [0, 0.05) is 17.9 Å². The summed E-state index contributed by atoms with van der Waals surface area (Å²) in [6.07, 6.45) is 5.92. The predicted octanol–water partition coefficient (Wildman–Crippen LogP) is 5.18. The minimum Gasteiger partial charge on any atom is -0.332 e. The van der Waals surface area contributed by atoms with Gasteiger partial charge in [0.25, 0.3) is 0 Å². The van der Waals surface area contributed by atoms with Gasteiger partial charge in [-0.2, -0.15) is 0 Å². The van der Waals surface area contributed by atoms with Gasteiger partial charge in [-0.1, -0.05) is 43.7 Å². The first-order chi connectivity index (χ1) is 11.3. The number of anilines is 2. The van der Waals surface area contributed by atoms with Crippen LogP contribution in [-0.4, -0.2) is 11.7 Å². The molecular formula is C20H24N2S. The summed E-state index contributed by atoms with van der Waals surface area (Å²) < 4.78 is 0. The molecule has 1 aliphatic heterocycles. The molecule has 2 nitrogen and oxygen atoms in total. The van der Waals surface area contributed by atoms with E-state index < -0.39 is 0 Å². The van der Waals surface area contributed by atoms with Gasteiger partial charge in [0.1, 0.15) is 0 Å². The van der Waals surface area contributed by atoms with Gasteiger partial charge in [-0.15, -0.1) is 0 Å². The number of thiocarbonyl (C=S) groups is 1. The molecule has 1 heterocycles. The molecule has 23 heavy (non-hydrogen) atoms. The van der Waals surface area contributed by atoms with Crippen molar-refractivity contribution in [3.8, 4) is 0 Å². The van der Waals surface area contributed by atoms with E-state index in [1.165, 1.54) is 29.7 Å². The molecule has 2 aromatic rings. The molecule has 0 fully saturated rings. The van der Waals surface area contributed by atoms with Crippen LogP contribution in [0.3, 0.4) is 0 Å². The largest absolute Gasteiger partial charge is 0.332 e. The molecule has 0 aromatic heterocycles. The van der Waals surface area contributed by atoms with Crippen LogP contribution in [-0.2, 0) is 12.8 Å². The molecule has 1 N–H and O–H groups in total. The highest BCUT2D eigenvalue weighted by molar-refractivity contribution is 7.80. The molecule has 120 valence electrons. The summed E-state index contributed by atoms with van der Waals surface area (Å²) in [7, 11) is 0. The lowest BCUT2D eigenvalue weighted by Crippen LogP contribution is -2.38. The Kier molecular flexibility index (Phi) is 5.29. The van der Waals surface area contributed by atoms with Crippen molar-refractivity contribution in [3.63, 3.8) is 0 Å². The number of benzene rings is 2. The average Bonchev–Trinajstić information content (AvgIpc) is 2.60. The molecule has 0 bridgehead atoms. The normalized spacial score (nSPS) is 13.5. The van der Waals surface area contributed by atoms with Crippen LogP contribution in [0.4, 0.5) is 11.4 Å². The second-order valence-electron chi connectivity index (χ2n) is 6.11. The molecule has 3 heteroatoms. The van der Waals surface area contributed by atoms with Gasteiger partial charge < -0.3 is 10.2 Å². The quantitative estimate of drug-likeness (QED) is 0.780. The van der Waals surface area contributed by atoms with Crippen molar-refractivity contribution in [2.75, 3.05) is 16.8 Å². The Bertz CT molecular complexity index is 664. The maximum Gasteiger partial charge on any atom is 0.177 e. The van der Waals surface area contributed by atoms with Gasteiger partial charge in [-0.25, -0.2) is 0 Å².